The van der Waals surface area contributed by atoms with Gasteiger partial charge in [0.25, 0.3) is 0 Å². The van der Waals surface area contributed by atoms with Gasteiger partial charge in [0.1, 0.15) is 0 Å². The van der Waals surface area contributed by atoms with Crippen molar-refractivity contribution in [1.82, 2.24) is 10.2 Å². The molecule has 1 saturated heterocycles. The van der Waals surface area contributed by atoms with Crippen LogP contribution in [0.3, 0.4) is 0 Å². The summed E-state index contributed by atoms with van der Waals surface area (Å²) in [6.07, 6.45) is 6.09. The standard InChI is InChI=1S/C13H26N2O/c1-11(2)16-13-5-3-12(4-6-13)15-9-7-14-8-10-15/h11-14H,3-10H2,1-2H3. The van der Waals surface area contributed by atoms with Crippen LogP contribution in [0.2, 0.25) is 0 Å². The summed E-state index contributed by atoms with van der Waals surface area (Å²) in [5.74, 6) is 0. The Morgan fingerprint density at radius 2 is 1.69 bits per heavy atom. The lowest BCUT2D eigenvalue weighted by Crippen LogP contribution is -2.49. The first-order valence-electron chi connectivity index (χ1n) is 6.86. The molecule has 0 radical (unpaired) electrons. The van der Waals surface area contributed by atoms with Crippen molar-refractivity contribution in [3.8, 4) is 0 Å². The zero-order chi connectivity index (χ0) is 11.4. The van der Waals surface area contributed by atoms with Gasteiger partial charge >= 0.3 is 0 Å². The van der Waals surface area contributed by atoms with Crippen molar-refractivity contribution in [2.45, 2.75) is 57.8 Å². The predicted octanol–water partition coefficient (Wildman–Crippen LogP) is 1.63. The zero-order valence-corrected chi connectivity index (χ0v) is 10.7. The van der Waals surface area contributed by atoms with Gasteiger partial charge in [-0.25, -0.2) is 0 Å². The number of nitrogens with zero attached hydrogens (tertiary/aromatic N) is 1. The van der Waals surface area contributed by atoms with E-state index in [0.29, 0.717) is 12.2 Å². The molecular weight excluding hydrogens is 200 g/mol. The van der Waals surface area contributed by atoms with E-state index >= 15 is 0 Å². The Morgan fingerprint density at radius 1 is 1.06 bits per heavy atom. The molecule has 0 aromatic rings. The molecule has 2 fully saturated rings. The smallest absolute Gasteiger partial charge is 0.0579 e. The molecule has 0 bridgehead atoms. The number of piperazine rings is 1. The van der Waals surface area contributed by atoms with Gasteiger partial charge < -0.3 is 10.1 Å². The van der Waals surface area contributed by atoms with E-state index in [0.717, 1.165) is 6.04 Å². The summed E-state index contributed by atoms with van der Waals surface area (Å²) in [4.78, 5) is 2.67. The number of rotatable bonds is 3. The van der Waals surface area contributed by atoms with E-state index in [4.69, 9.17) is 4.74 Å². The van der Waals surface area contributed by atoms with Crippen molar-refractivity contribution in [3.63, 3.8) is 0 Å². The van der Waals surface area contributed by atoms with E-state index in [1.54, 1.807) is 0 Å². The number of hydrogen-bond donors (Lipinski definition) is 1. The molecular formula is C13H26N2O. The van der Waals surface area contributed by atoms with Gasteiger partial charge in [-0.1, -0.05) is 0 Å². The second-order valence-electron chi connectivity index (χ2n) is 5.40. The van der Waals surface area contributed by atoms with Gasteiger partial charge in [-0.05, 0) is 39.5 Å². The molecule has 94 valence electrons. The van der Waals surface area contributed by atoms with Crippen molar-refractivity contribution >= 4 is 0 Å². The summed E-state index contributed by atoms with van der Waals surface area (Å²) >= 11 is 0. The van der Waals surface area contributed by atoms with Crippen LogP contribution < -0.4 is 5.32 Å². The third-order valence-corrected chi connectivity index (χ3v) is 3.78. The highest BCUT2D eigenvalue weighted by Crippen LogP contribution is 2.25. The Balaban J connectivity index is 1.71. The Bertz CT molecular complexity index is 194. The predicted molar refractivity (Wildman–Crippen MR) is 66.7 cm³/mol. The average molecular weight is 226 g/mol. The molecule has 1 saturated carbocycles. The largest absolute Gasteiger partial charge is 0.376 e. The molecule has 0 aromatic carbocycles. The van der Waals surface area contributed by atoms with Crippen LogP contribution in [-0.4, -0.2) is 49.3 Å². The van der Waals surface area contributed by atoms with Crippen LogP contribution in [0, 0.1) is 0 Å². The fraction of sp³-hybridized carbons (Fsp3) is 1.00. The Hall–Kier alpha value is -0.120. The summed E-state index contributed by atoms with van der Waals surface area (Å²) in [5.41, 5.74) is 0. The lowest BCUT2D eigenvalue weighted by Gasteiger charge is -2.39. The van der Waals surface area contributed by atoms with Crippen LogP contribution in [0.15, 0.2) is 0 Å². The SMILES string of the molecule is CC(C)OC1CCC(N2CCNCC2)CC1. The maximum atomic E-state index is 5.90. The van der Waals surface area contributed by atoms with Crippen LogP contribution in [0.4, 0.5) is 0 Å². The number of nitrogens with one attached hydrogen (secondary N) is 1. The molecule has 0 unspecified atom stereocenters. The van der Waals surface area contributed by atoms with Gasteiger partial charge in [0.2, 0.25) is 0 Å². The molecule has 0 atom stereocenters. The Labute approximate surface area is 99.5 Å². The van der Waals surface area contributed by atoms with Crippen molar-refractivity contribution in [2.24, 2.45) is 0 Å². The van der Waals surface area contributed by atoms with Gasteiger partial charge in [-0.15, -0.1) is 0 Å². The van der Waals surface area contributed by atoms with Crippen LogP contribution in [0.5, 0.6) is 0 Å². The van der Waals surface area contributed by atoms with Gasteiger partial charge in [0.05, 0.1) is 12.2 Å². The number of hydrogen-bond acceptors (Lipinski definition) is 3. The minimum atomic E-state index is 0.390. The quantitative estimate of drug-likeness (QED) is 0.791. The minimum absolute atomic E-state index is 0.390. The topological polar surface area (TPSA) is 24.5 Å². The zero-order valence-electron chi connectivity index (χ0n) is 10.7. The maximum absolute atomic E-state index is 5.90. The van der Waals surface area contributed by atoms with Crippen molar-refractivity contribution in [3.05, 3.63) is 0 Å². The van der Waals surface area contributed by atoms with Crippen LogP contribution in [-0.2, 0) is 4.74 Å². The average Bonchev–Trinajstić information content (AvgIpc) is 2.30. The molecule has 16 heavy (non-hydrogen) atoms. The summed E-state index contributed by atoms with van der Waals surface area (Å²) in [5, 5.41) is 3.42. The summed E-state index contributed by atoms with van der Waals surface area (Å²) in [7, 11) is 0. The second kappa shape index (κ2) is 5.99. The van der Waals surface area contributed by atoms with E-state index < -0.39 is 0 Å². The highest BCUT2D eigenvalue weighted by Gasteiger charge is 2.27. The highest BCUT2D eigenvalue weighted by atomic mass is 16.5. The molecule has 2 aliphatic rings. The highest BCUT2D eigenvalue weighted by molar-refractivity contribution is 4.82. The fourth-order valence-corrected chi connectivity index (χ4v) is 2.98. The summed E-state index contributed by atoms with van der Waals surface area (Å²) in [6, 6.07) is 0.828. The van der Waals surface area contributed by atoms with Gasteiger partial charge in [-0.3, -0.25) is 4.90 Å². The fourth-order valence-electron chi connectivity index (χ4n) is 2.98. The van der Waals surface area contributed by atoms with Crippen LogP contribution in [0.25, 0.3) is 0 Å². The van der Waals surface area contributed by atoms with E-state index in [-0.39, 0.29) is 0 Å². The molecule has 1 aliphatic carbocycles. The molecule has 0 aromatic heterocycles. The maximum Gasteiger partial charge on any atom is 0.0579 e. The summed E-state index contributed by atoms with van der Waals surface area (Å²) in [6.45, 7) is 9.09. The molecule has 2 rings (SSSR count). The third kappa shape index (κ3) is 3.44. The first-order chi connectivity index (χ1) is 7.75. The first kappa shape index (κ1) is 12.3. The van der Waals surface area contributed by atoms with Crippen molar-refractivity contribution in [1.29, 1.82) is 0 Å². The van der Waals surface area contributed by atoms with E-state index in [1.165, 1.54) is 51.9 Å². The van der Waals surface area contributed by atoms with Crippen molar-refractivity contribution in [2.75, 3.05) is 26.2 Å². The van der Waals surface area contributed by atoms with Crippen molar-refractivity contribution < 1.29 is 4.74 Å². The normalized spacial score (nSPS) is 33.2. The molecule has 0 amide bonds. The van der Waals surface area contributed by atoms with Gasteiger partial charge in [0.15, 0.2) is 0 Å². The van der Waals surface area contributed by atoms with Crippen LogP contribution >= 0.6 is 0 Å². The Morgan fingerprint density at radius 3 is 2.25 bits per heavy atom. The first-order valence-corrected chi connectivity index (χ1v) is 6.86. The van der Waals surface area contributed by atoms with Gasteiger partial charge in [-0.2, -0.15) is 0 Å². The van der Waals surface area contributed by atoms with Crippen LogP contribution in [0.1, 0.15) is 39.5 Å². The molecule has 3 nitrogen and oxygen atoms in total. The summed E-state index contributed by atoms with van der Waals surface area (Å²) < 4.78 is 5.90. The molecule has 1 N–H and O–H groups in total. The minimum Gasteiger partial charge on any atom is -0.376 e. The third-order valence-electron chi connectivity index (χ3n) is 3.78. The molecule has 3 heteroatoms. The van der Waals surface area contributed by atoms with E-state index in [9.17, 15) is 0 Å². The lowest BCUT2D eigenvalue weighted by atomic mass is 9.91. The number of ether oxygens (including phenoxy) is 1. The van der Waals surface area contributed by atoms with Gasteiger partial charge in [0, 0.05) is 32.2 Å². The Kier molecular flexibility index (Phi) is 4.62. The van der Waals surface area contributed by atoms with E-state index in [1.807, 2.05) is 0 Å². The molecule has 1 heterocycles. The van der Waals surface area contributed by atoms with E-state index in [2.05, 4.69) is 24.1 Å². The monoisotopic (exact) mass is 226 g/mol. The molecule has 1 aliphatic heterocycles. The molecule has 0 spiro atoms. The second-order valence-corrected chi connectivity index (χ2v) is 5.40. The lowest BCUT2D eigenvalue weighted by molar-refractivity contribution is -0.0271.